The van der Waals surface area contributed by atoms with E-state index in [2.05, 4.69) is 19.9 Å². The molecule has 0 amide bonds. The maximum absolute atomic E-state index is 10.5. The van der Waals surface area contributed by atoms with Crippen molar-refractivity contribution >= 4 is 6.29 Å². The Morgan fingerprint density at radius 3 is 2.62 bits per heavy atom. The van der Waals surface area contributed by atoms with Crippen LogP contribution in [0.3, 0.4) is 0 Å². The van der Waals surface area contributed by atoms with Crippen molar-refractivity contribution in [3.05, 3.63) is 36.0 Å². The van der Waals surface area contributed by atoms with Gasteiger partial charge in [-0.1, -0.05) is 44.2 Å². The van der Waals surface area contributed by atoms with E-state index in [9.17, 15) is 4.79 Å². The van der Waals surface area contributed by atoms with E-state index < -0.39 is 0 Å². The smallest absolute Gasteiger partial charge is 0.130 e. The van der Waals surface area contributed by atoms with E-state index in [1.807, 2.05) is 24.3 Å². The van der Waals surface area contributed by atoms with Gasteiger partial charge in [0.25, 0.3) is 0 Å². The number of rotatable bonds is 2. The molecule has 0 saturated carbocycles. The zero-order valence-corrected chi connectivity index (χ0v) is 8.77. The SMILES string of the molecule is CC(C)C1=CC=CC(C=O)C=C1.[Cu]. The van der Waals surface area contributed by atoms with Crippen LogP contribution in [0, 0.1) is 11.8 Å². The minimum Gasteiger partial charge on any atom is -0.302 e. The molecule has 0 aliphatic heterocycles. The van der Waals surface area contributed by atoms with Gasteiger partial charge in [-0.3, -0.25) is 0 Å². The Morgan fingerprint density at radius 1 is 1.38 bits per heavy atom. The quantitative estimate of drug-likeness (QED) is 0.522. The van der Waals surface area contributed by atoms with Crippen molar-refractivity contribution in [1.29, 1.82) is 0 Å². The minimum absolute atomic E-state index is 0. The van der Waals surface area contributed by atoms with Crippen molar-refractivity contribution in [2.75, 3.05) is 0 Å². The summed E-state index contributed by atoms with van der Waals surface area (Å²) in [6.45, 7) is 4.29. The third kappa shape index (κ3) is 3.75. The molecule has 1 radical (unpaired) electrons. The molecular weight excluding hydrogens is 212 g/mol. The zero-order valence-electron chi connectivity index (χ0n) is 7.83. The molecule has 0 aromatic carbocycles. The fourth-order valence-corrected chi connectivity index (χ4v) is 1.11. The Hall–Kier alpha value is -0.591. The fraction of sp³-hybridized carbons (Fsp3) is 0.364. The molecule has 0 aromatic heterocycles. The van der Waals surface area contributed by atoms with Crippen LogP contribution in [0.1, 0.15) is 13.8 Å². The van der Waals surface area contributed by atoms with Crippen molar-refractivity contribution in [1.82, 2.24) is 0 Å². The van der Waals surface area contributed by atoms with Crippen LogP contribution >= 0.6 is 0 Å². The Morgan fingerprint density at radius 2 is 2.08 bits per heavy atom. The third-order valence-corrected chi connectivity index (χ3v) is 1.96. The molecule has 0 fully saturated rings. The van der Waals surface area contributed by atoms with Crippen LogP contribution in [0.15, 0.2) is 36.0 Å². The van der Waals surface area contributed by atoms with Crippen LogP contribution in [0.2, 0.25) is 0 Å². The molecule has 0 N–H and O–H groups in total. The average molecular weight is 226 g/mol. The average Bonchev–Trinajstić information content (AvgIpc) is 2.28. The fourth-order valence-electron chi connectivity index (χ4n) is 1.11. The van der Waals surface area contributed by atoms with E-state index in [0.717, 1.165) is 6.29 Å². The summed E-state index contributed by atoms with van der Waals surface area (Å²) in [6, 6.07) is 0. The molecule has 1 unspecified atom stereocenters. The van der Waals surface area contributed by atoms with Crippen LogP contribution in [-0.4, -0.2) is 6.29 Å². The van der Waals surface area contributed by atoms with Gasteiger partial charge in [-0.25, -0.2) is 0 Å². The third-order valence-electron chi connectivity index (χ3n) is 1.96. The van der Waals surface area contributed by atoms with E-state index in [4.69, 9.17) is 0 Å². The molecule has 2 heteroatoms. The largest absolute Gasteiger partial charge is 0.302 e. The van der Waals surface area contributed by atoms with E-state index in [-0.39, 0.29) is 23.0 Å². The molecule has 0 saturated heterocycles. The van der Waals surface area contributed by atoms with E-state index >= 15 is 0 Å². The van der Waals surface area contributed by atoms with Gasteiger partial charge in [-0.2, -0.15) is 0 Å². The molecule has 1 atom stereocenters. The molecule has 1 rings (SSSR count). The molecule has 13 heavy (non-hydrogen) atoms. The van der Waals surface area contributed by atoms with E-state index in [0.29, 0.717) is 5.92 Å². The number of aldehydes is 1. The summed E-state index contributed by atoms with van der Waals surface area (Å²) in [4.78, 5) is 10.5. The molecule has 0 bridgehead atoms. The molecule has 1 aliphatic carbocycles. The van der Waals surface area contributed by atoms with Gasteiger partial charge in [0.1, 0.15) is 6.29 Å². The Bertz CT molecular complexity index is 249. The normalized spacial score (nSPS) is 20.5. The second-order valence-electron chi connectivity index (χ2n) is 3.28. The zero-order chi connectivity index (χ0) is 8.97. The van der Waals surface area contributed by atoms with Crippen LogP contribution in [0.4, 0.5) is 0 Å². The van der Waals surface area contributed by atoms with Gasteiger partial charge in [-0.05, 0) is 11.5 Å². The Balaban J connectivity index is 0.00000144. The van der Waals surface area contributed by atoms with E-state index in [1.165, 1.54) is 5.57 Å². The van der Waals surface area contributed by atoms with Gasteiger partial charge in [0.15, 0.2) is 0 Å². The summed E-state index contributed by atoms with van der Waals surface area (Å²) in [5.74, 6) is 0.480. The Labute approximate surface area is 90.1 Å². The van der Waals surface area contributed by atoms with Crippen LogP contribution < -0.4 is 0 Å². The van der Waals surface area contributed by atoms with Crippen molar-refractivity contribution < 1.29 is 21.9 Å². The minimum atomic E-state index is -0.0440. The second kappa shape index (κ2) is 5.95. The molecule has 75 valence electrons. The number of carbonyl (C=O) groups is 1. The molecule has 1 aliphatic rings. The summed E-state index contributed by atoms with van der Waals surface area (Å²) in [5.41, 5.74) is 1.27. The van der Waals surface area contributed by atoms with Crippen LogP contribution in [0.25, 0.3) is 0 Å². The molecule has 0 spiro atoms. The molecule has 1 nitrogen and oxygen atoms in total. The van der Waals surface area contributed by atoms with Gasteiger partial charge in [0.05, 0.1) is 5.92 Å². The summed E-state index contributed by atoms with van der Waals surface area (Å²) in [6.07, 6.45) is 10.8. The predicted molar refractivity (Wildman–Crippen MR) is 50.8 cm³/mol. The first-order chi connectivity index (χ1) is 5.74. The summed E-state index contributed by atoms with van der Waals surface area (Å²) in [7, 11) is 0. The maximum atomic E-state index is 10.5. The molecule has 0 aromatic rings. The van der Waals surface area contributed by atoms with Gasteiger partial charge < -0.3 is 4.79 Å². The predicted octanol–water partition coefficient (Wildman–Crippen LogP) is 2.51. The van der Waals surface area contributed by atoms with Gasteiger partial charge >= 0.3 is 0 Å². The van der Waals surface area contributed by atoms with Crippen molar-refractivity contribution in [3.63, 3.8) is 0 Å². The maximum Gasteiger partial charge on any atom is 0.130 e. The molecular formula is C11H14CuO. The number of carbonyl (C=O) groups excluding carboxylic acids is 1. The first-order valence-corrected chi connectivity index (χ1v) is 4.26. The van der Waals surface area contributed by atoms with Gasteiger partial charge in [-0.15, -0.1) is 0 Å². The van der Waals surface area contributed by atoms with Crippen molar-refractivity contribution in [2.24, 2.45) is 11.8 Å². The number of hydrogen-bond acceptors (Lipinski definition) is 1. The van der Waals surface area contributed by atoms with Crippen LogP contribution in [0.5, 0.6) is 0 Å². The van der Waals surface area contributed by atoms with Crippen molar-refractivity contribution in [2.45, 2.75) is 13.8 Å². The topological polar surface area (TPSA) is 17.1 Å². The summed E-state index contributed by atoms with van der Waals surface area (Å²) >= 11 is 0. The summed E-state index contributed by atoms with van der Waals surface area (Å²) in [5, 5.41) is 0. The number of hydrogen-bond donors (Lipinski definition) is 0. The van der Waals surface area contributed by atoms with E-state index in [1.54, 1.807) is 0 Å². The Kier molecular flexibility index (Phi) is 5.68. The van der Waals surface area contributed by atoms with Gasteiger partial charge in [0, 0.05) is 17.1 Å². The molecule has 0 heterocycles. The van der Waals surface area contributed by atoms with Gasteiger partial charge in [0.2, 0.25) is 0 Å². The van der Waals surface area contributed by atoms with Crippen molar-refractivity contribution in [3.8, 4) is 0 Å². The summed E-state index contributed by atoms with van der Waals surface area (Å²) < 4.78 is 0. The standard InChI is InChI=1S/C11H14O.Cu/c1-9(2)11-5-3-4-10(8-12)6-7-11;/h3-10H,1-2H3;. The first kappa shape index (κ1) is 12.4. The van der Waals surface area contributed by atoms with Crippen LogP contribution in [-0.2, 0) is 21.9 Å². The first-order valence-electron chi connectivity index (χ1n) is 4.26. The number of allylic oxidation sites excluding steroid dienone is 6. The monoisotopic (exact) mass is 225 g/mol. The second-order valence-corrected chi connectivity index (χ2v) is 3.28.